The van der Waals surface area contributed by atoms with E-state index in [4.69, 9.17) is 9.47 Å². The third-order valence-corrected chi connectivity index (χ3v) is 5.26. The highest BCUT2D eigenvalue weighted by molar-refractivity contribution is 6.01. The lowest BCUT2D eigenvalue weighted by molar-refractivity contribution is -0.120. The minimum Gasteiger partial charge on any atom is -0.482 e. The Balaban J connectivity index is 1.56. The molecule has 3 amide bonds. The molecular weight excluding hydrogens is 338 g/mol. The van der Waals surface area contributed by atoms with Crippen LogP contribution in [-0.4, -0.2) is 73.6 Å². The average Bonchev–Trinajstić information content (AvgIpc) is 2.90. The van der Waals surface area contributed by atoms with Gasteiger partial charge in [-0.05, 0) is 31.0 Å². The first-order chi connectivity index (χ1) is 12.4. The maximum atomic E-state index is 13.0. The third-order valence-electron chi connectivity index (χ3n) is 5.26. The molecule has 0 saturated carbocycles. The Morgan fingerprint density at radius 2 is 2.00 bits per heavy atom. The van der Waals surface area contributed by atoms with Crippen LogP contribution in [-0.2, 0) is 9.53 Å². The molecule has 1 atom stereocenters. The van der Waals surface area contributed by atoms with Gasteiger partial charge in [-0.2, -0.15) is 0 Å². The lowest BCUT2D eigenvalue weighted by Crippen LogP contribution is -2.52. The highest BCUT2D eigenvalue weighted by Crippen LogP contribution is 2.34. The highest BCUT2D eigenvalue weighted by atomic mass is 16.6. The minimum atomic E-state index is -0.621. The normalized spacial score (nSPS) is 25.2. The number of likely N-dealkylation sites (tertiary alicyclic amines) is 1. The Hall–Kier alpha value is -2.77. The van der Waals surface area contributed by atoms with Crippen molar-refractivity contribution < 1.29 is 23.9 Å². The number of hydrogen-bond acceptors (Lipinski definition) is 5. The van der Waals surface area contributed by atoms with Gasteiger partial charge in [0.1, 0.15) is 11.4 Å². The van der Waals surface area contributed by atoms with Gasteiger partial charge in [0.15, 0.2) is 6.61 Å². The number of piperidine rings is 1. The zero-order valence-corrected chi connectivity index (χ0v) is 14.9. The second-order valence-electron chi connectivity index (χ2n) is 7.16. The average molecular weight is 359 g/mol. The molecular formula is C18H21N3O5. The van der Waals surface area contributed by atoms with Crippen molar-refractivity contribution in [2.75, 3.05) is 45.2 Å². The summed E-state index contributed by atoms with van der Waals surface area (Å²) >= 11 is 0. The SMILES string of the molecule is CN1CC2(CCCN(C(=O)c3ccc4c(c3)N(C)C(=O)CO4)C2)OC1=O. The number of ether oxygens (including phenoxy) is 2. The van der Waals surface area contributed by atoms with E-state index in [1.165, 1.54) is 4.90 Å². The van der Waals surface area contributed by atoms with E-state index in [-0.39, 0.29) is 24.5 Å². The molecule has 1 unspecified atom stereocenters. The Kier molecular flexibility index (Phi) is 3.78. The van der Waals surface area contributed by atoms with Gasteiger partial charge in [-0.3, -0.25) is 9.59 Å². The number of hydrogen-bond donors (Lipinski definition) is 0. The van der Waals surface area contributed by atoms with Gasteiger partial charge in [-0.25, -0.2) is 4.79 Å². The van der Waals surface area contributed by atoms with Crippen molar-refractivity contribution in [3.63, 3.8) is 0 Å². The van der Waals surface area contributed by atoms with Crippen LogP contribution in [0.4, 0.5) is 10.5 Å². The van der Waals surface area contributed by atoms with Gasteiger partial charge in [0.05, 0.1) is 18.8 Å². The van der Waals surface area contributed by atoms with E-state index in [0.29, 0.717) is 36.6 Å². The lowest BCUT2D eigenvalue weighted by Gasteiger charge is -2.38. The summed E-state index contributed by atoms with van der Waals surface area (Å²) in [6.07, 6.45) is 1.19. The van der Waals surface area contributed by atoms with Crippen molar-refractivity contribution in [2.24, 2.45) is 0 Å². The molecule has 138 valence electrons. The number of benzene rings is 1. The fourth-order valence-electron chi connectivity index (χ4n) is 3.86. The first-order valence-electron chi connectivity index (χ1n) is 8.65. The van der Waals surface area contributed by atoms with E-state index >= 15 is 0 Å². The van der Waals surface area contributed by atoms with Crippen molar-refractivity contribution in [1.29, 1.82) is 0 Å². The second kappa shape index (κ2) is 5.89. The molecule has 1 spiro atoms. The summed E-state index contributed by atoms with van der Waals surface area (Å²) in [6, 6.07) is 5.11. The quantitative estimate of drug-likeness (QED) is 0.750. The fourth-order valence-corrected chi connectivity index (χ4v) is 3.86. The Bertz CT molecular complexity index is 795. The van der Waals surface area contributed by atoms with Gasteiger partial charge >= 0.3 is 6.09 Å². The van der Waals surface area contributed by atoms with Gasteiger partial charge < -0.3 is 24.2 Å². The third kappa shape index (κ3) is 2.65. The van der Waals surface area contributed by atoms with E-state index in [2.05, 4.69) is 0 Å². The number of carbonyl (C=O) groups excluding carboxylic acids is 3. The van der Waals surface area contributed by atoms with Crippen molar-refractivity contribution >= 4 is 23.6 Å². The summed E-state index contributed by atoms with van der Waals surface area (Å²) in [5.41, 5.74) is 0.457. The molecule has 2 fully saturated rings. The molecule has 8 heteroatoms. The smallest absolute Gasteiger partial charge is 0.410 e. The molecule has 3 aliphatic heterocycles. The molecule has 3 heterocycles. The Morgan fingerprint density at radius 1 is 1.19 bits per heavy atom. The molecule has 2 saturated heterocycles. The van der Waals surface area contributed by atoms with Crippen LogP contribution < -0.4 is 9.64 Å². The zero-order valence-electron chi connectivity index (χ0n) is 14.9. The number of fused-ring (bicyclic) bond motifs is 1. The summed E-state index contributed by atoms with van der Waals surface area (Å²) in [6.45, 7) is 1.49. The Labute approximate surface area is 151 Å². The largest absolute Gasteiger partial charge is 0.482 e. The molecule has 4 rings (SSSR count). The van der Waals surface area contributed by atoms with Gasteiger partial charge in [0.2, 0.25) is 0 Å². The van der Waals surface area contributed by atoms with Crippen LogP contribution in [0.15, 0.2) is 18.2 Å². The molecule has 0 N–H and O–H groups in total. The van der Waals surface area contributed by atoms with Crippen LogP contribution in [0.3, 0.4) is 0 Å². The number of amides is 3. The molecule has 3 aliphatic rings. The molecule has 1 aromatic carbocycles. The van der Waals surface area contributed by atoms with Crippen molar-refractivity contribution in [1.82, 2.24) is 9.80 Å². The molecule has 8 nitrogen and oxygen atoms in total. The minimum absolute atomic E-state index is 0.00429. The van der Waals surface area contributed by atoms with Crippen LogP contribution in [0, 0.1) is 0 Å². The van der Waals surface area contributed by atoms with E-state index in [1.807, 2.05) is 0 Å². The van der Waals surface area contributed by atoms with Gasteiger partial charge in [0, 0.05) is 26.2 Å². The van der Waals surface area contributed by atoms with Crippen molar-refractivity contribution in [3.8, 4) is 5.75 Å². The van der Waals surface area contributed by atoms with Gasteiger partial charge in [-0.1, -0.05) is 0 Å². The van der Waals surface area contributed by atoms with E-state index in [9.17, 15) is 14.4 Å². The van der Waals surface area contributed by atoms with Crippen LogP contribution in [0.25, 0.3) is 0 Å². The van der Waals surface area contributed by atoms with Crippen LogP contribution >= 0.6 is 0 Å². The van der Waals surface area contributed by atoms with Crippen molar-refractivity contribution in [2.45, 2.75) is 18.4 Å². The van der Waals surface area contributed by atoms with Crippen molar-refractivity contribution in [3.05, 3.63) is 23.8 Å². The van der Waals surface area contributed by atoms with Gasteiger partial charge in [-0.15, -0.1) is 0 Å². The second-order valence-corrected chi connectivity index (χ2v) is 7.16. The predicted molar refractivity (Wildman–Crippen MR) is 92.3 cm³/mol. The van der Waals surface area contributed by atoms with E-state index < -0.39 is 5.60 Å². The molecule has 26 heavy (non-hydrogen) atoms. The number of likely N-dealkylation sites (N-methyl/N-ethyl adjacent to an activating group) is 2. The maximum Gasteiger partial charge on any atom is 0.410 e. The van der Waals surface area contributed by atoms with Crippen LogP contribution in [0.2, 0.25) is 0 Å². The molecule has 0 bridgehead atoms. The monoisotopic (exact) mass is 359 g/mol. The first kappa shape index (κ1) is 16.7. The predicted octanol–water partition coefficient (Wildman–Crippen LogP) is 1.10. The molecule has 0 aromatic heterocycles. The summed E-state index contributed by atoms with van der Waals surface area (Å²) in [5.74, 6) is 0.300. The number of rotatable bonds is 1. The number of carbonyl (C=O) groups is 3. The summed E-state index contributed by atoms with van der Waals surface area (Å²) in [5, 5.41) is 0. The molecule has 0 aliphatic carbocycles. The molecule has 0 radical (unpaired) electrons. The van der Waals surface area contributed by atoms with E-state index in [0.717, 1.165) is 12.8 Å². The Morgan fingerprint density at radius 3 is 2.73 bits per heavy atom. The lowest BCUT2D eigenvalue weighted by atomic mass is 9.92. The summed E-state index contributed by atoms with van der Waals surface area (Å²) < 4.78 is 11.0. The first-order valence-corrected chi connectivity index (χ1v) is 8.65. The molecule has 1 aromatic rings. The highest BCUT2D eigenvalue weighted by Gasteiger charge is 2.47. The number of anilines is 1. The maximum absolute atomic E-state index is 13.0. The van der Waals surface area contributed by atoms with Crippen LogP contribution in [0.1, 0.15) is 23.2 Å². The standard InChI is InChI=1S/C18H21N3O5/c1-19-10-18(26-17(19)24)6-3-7-21(11-18)16(23)12-4-5-14-13(8-12)20(2)15(22)9-25-14/h4-5,8H,3,6-7,9-11H2,1-2H3. The van der Waals surface area contributed by atoms with Gasteiger partial charge in [0.25, 0.3) is 11.8 Å². The van der Waals surface area contributed by atoms with E-state index in [1.54, 1.807) is 42.1 Å². The fraction of sp³-hybridized carbons (Fsp3) is 0.500. The topological polar surface area (TPSA) is 79.4 Å². The van der Waals surface area contributed by atoms with Crippen LogP contribution in [0.5, 0.6) is 5.75 Å². The zero-order chi connectivity index (χ0) is 18.5. The number of nitrogens with zero attached hydrogens (tertiary/aromatic N) is 3. The summed E-state index contributed by atoms with van der Waals surface area (Å²) in [4.78, 5) is 41.4. The summed E-state index contributed by atoms with van der Waals surface area (Å²) in [7, 11) is 3.37.